The molecule has 142 valence electrons. The molecule has 0 atom stereocenters. The van der Waals surface area contributed by atoms with Crippen molar-refractivity contribution in [2.75, 3.05) is 4.72 Å². The number of nitrogens with one attached hydrogen (secondary N) is 1. The fraction of sp³-hybridized carbons (Fsp3) is 0.188. The van der Waals surface area contributed by atoms with Crippen LogP contribution in [-0.2, 0) is 16.2 Å². The smallest absolute Gasteiger partial charge is 0.298 e. The van der Waals surface area contributed by atoms with Gasteiger partial charge in [-0.2, -0.15) is 13.2 Å². The van der Waals surface area contributed by atoms with E-state index in [1.54, 1.807) is 4.72 Å². The van der Waals surface area contributed by atoms with Crippen molar-refractivity contribution in [2.45, 2.75) is 24.9 Å². The zero-order chi connectivity index (χ0) is 20.1. The molecule has 0 saturated carbocycles. The number of carbonyl (C=O) groups is 1. The van der Waals surface area contributed by atoms with Crippen molar-refractivity contribution in [3.63, 3.8) is 0 Å². The van der Waals surface area contributed by atoms with E-state index in [4.69, 9.17) is 0 Å². The molecular formula is C16H14F5NO3S. The Hall–Kier alpha value is -2.49. The predicted octanol–water partition coefficient (Wildman–Crippen LogP) is 4.62. The first-order valence-corrected chi connectivity index (χ1v) is 8.68. The molecule has 2 aromatic carbocycles. The average molecular weight is 395 g/mol. The molecule has 0 aliphatic heterocycles. The minimum Gasteiger partial charge on any atom is -0.298 e. The Morgan fingerprint density at radius 3 is 1.96 bits per heavy atom. The highest BCUT2D eigenvalue weighted by Gasteiger charge is 2.30. The molecule has 0 aliphatic carbocycles. The highest BCUT2D eigenvalue weighted by molar-refractivity contribution is 7.92. The lowest BCUT2D eigenvalue weighted by atomic mass is 10.2. The second-order valence-corrected chi connectivity index (χ2v) is 6.25. The van der Waals surface area contributed by atoms with Crippen LogP contribution in [0, 0.1) is 11.6 Å². The third-order valence-corrected chi connectivity index (χ3v) is 4.36. The van der Waals surface area contributed by atoms with Gasteiger partial charge in [-0.3, -0.25) is 9.52 Å². The van der Waals surface area contributed by atoms with E-state index >= 15 is 0 Å². The van der Waals surface area contributed by atoms with Crippen LogP contribution in [0.15, 0.2) is 41.3 Å². The van der Waals surface area contributed by atoms with Crippen molar-refractivity contribution in [2.24, 2.45) is 0 Å². The van der Waals surface area contributed by atoms with Gasteiger partial charge in [0.1, 0.15) is 5.82 Å². The quantitative estimate of drug-likeness (QED) is 0.607. The Bertz CT molecular complexity index is 878. The maximum Gasteiger partial charge on any atom is 0.416 e. The molecule has 0 aromatic heterocycles. The molecule has 0 aliphatic rings. The van der Waals surface area contributed by atoms with Crippen molar-refractivity contribution < 1.29 is 35.2 Å². The number of anilines is 1. The number of sulfonamides is 1. The summed E-state index contributed by atoms with van der Waals surface area (Å²) in [7, 11) is -4.43. The van der Waals surface area contributed by atoms with E-state index in [2.05, 4.69) is 0 Å². The SMILES string of the molecule is CC.O=Cc1c(F)ccc(NS(=O)(=O)c2ccc(C(F)(F)F)cc2)c1F. The summed E-state index contributed by atoms with van der Waals surface area (Å²) >= 11 is 0. The molecular weight excluding hydrogens is 381 g/mol. The molecule has 26 heavy (non-hydrogen) atoms. The zero-order valence-corrected chi connectivity index (χ0v) is 14.4. The van der Waals surface area contributed by atoms with E-state index in [0.29, 0.717) is 30.3 Å². The van der Waals surface area contributed by atoms with E-state index in [0.717, 1.165) is 6.07 Å². The third kappa shape index (κ3) is 4.78. The van der Waals surface area contributed by atoms with Gasteiger partial charge in [0.15, 0.2) is 12.1 Å². The first-order valence-electron chi connectivity index (χ1n) is 7.19. The Kier molecular flexibility index (Phi) is 6.85. The highest BCUT2D eigenvalue weighted by atomic mass is 32.2. The zero-order valence-electron chi connectivity index (χ0n) is 13.6. The molecule has 0 spiro atoms. The van der Waals surface area contributed by atoms with Gasteiger partial charge >= 0.3 is 6.18 Å². The molecule has 4 nitrogen and oxygen atoms in total. The summed E-state index contributed by atoms with van der Waals surface area (Å²) in [4.78, 5) is 10.0. The summed E-state index contributed by atoms with van der Waals surface area (Å²) in [5.41, 5.74) is -2.74. The summed E-state index contributed by atoms with van der Waals surface area (Å²) < 4.78 is 90.3. The Labute approximate surface area is 146 Å². The topological polar surface area (TPSA) is 63.2 Å². The molecule has 0 saturated heterocycles. The van der Waals surface area contributed by atoms with Gasteiger partial charge in [0.2, 0.25) is 0 Å². The molecule has 0 fully saturated rings. The first kappa shape index (κ1) is 21.6. The number of carbonyl (C=O) groups excluding carboxylic acids is 1. The largest absolute Gasteiger partial charge is 0.416 e. The van der Waals surface area contributed by atoms with Gasteiger partial charge in [0, 0.05) is 0 Å². The van der Waals surface area contributed by atoms with Gasteiger partial charge in [0.25, 0.3) is 10.0 Å². The van der Waals surface area contributed by atoms with Crippen molar-refractivity contribution in [1.29, 1.82) is 0 Å². The van der Waals surface area contributed by atoms with E-state index in [9.17, 15) is 35.2 Å². The van der Waals surface area contributed by atoms with Crippen molar-refractivity contribution in [3.8, 4) is 0 Å². The third-order valence-electron chi connectivity index (χ3n) is 2.98. The maximum absolute atomic E-state index is 13.9. The average Bonchev–Trinajstić information content (AvgIpc) is 2.59. The van der Waals surface area contributed by atoms with Crippen molar-refractivity contribution in [3.05, 3.63) is 59.2 Å². The number of rotatable bonds is 4. The van der Waals surface area contributed by atoms with Gasteiger partial charge in [-0.1, -0.05) is 13.8 Å². The Balaban J connectivity index is 0.00000163. The monoisotopic (exact) mass is 395 g/mol. The van der Waals surface area contributed by atoms with E-state index in [1.807, 2.05) is 13.8 Å². The van der Waals surface area contributed by atoms with Crippen LogP contribution in [0.2, 0.25) is 0 Å². The second kappa shape index (κ2) is 8.26. The number of aldehydes is 1. The van der Waals surface area contributed by atoms with Gasteiger partial charge < -0.3 is 0 Å². The van der Waals surface area contributed by atoms with Crippen LogP contribution in [0.25, 0.3) is 0 Å². The van der Waals surface area contributed by atoms with E-state index in [1.165, 1.54) is 0 Å². The summed E-state index contributed by atoms with van der Waals surface area (Å²) in [5.74, 6) is -2.61. The molecule has 10 heteroatoms. The van der Waals surface area contributed by atoms with E-state index < -0.39 is 49.5 Å². The van der Waals surface area contributed by atoms with Gasteiger partial charge in [-0.25, -0.2) is 17.2 Å². The number of hydrogen-bond donors (Lipinski definition) is 1. The lowest BCUT2D eigenvalue weighted by molar-refractivity contribution is -0.137. The van der Waals surface area contributed by atoms with Crippen molar-refractivity contribution >= 4 is 22.0 Å². The number of halogens is 5. The Morgan fingerprint density at radius 2 is 1.50 bits per heavy atom. The molecule has 0 heterocycles. The fourth-order valence-electron chi connectivity index (χ4n) is 1.78. The van der Waals surface area contributed by atoms with Gasteiger partial charge in [-0.15, -0.1) is 0 Å². The fourth-order valence-corrected chi connectivity index (χ4v) is 2.84. The summed E-state index contributed by atoms with van der Waals surface area (Å²) in [6, 6.07) is 3.90. The first-order chi connectivity index (χ1) is 12.1. The minimum atomic E-state index is -4.64. The molecule has 0 radical (unpaired) electrons. The molecule has 0 bridgehead atoms. The standard InChI is InChI=1S/C14H8F5NO3S.C2H6/c15-11-5-6-12(13(16)10(11)7-21)20-24(22,23)9-3-1-8(2-4-9)14(17,18)19;1-2/h1-7,20H;1-2H3. The molecule has 0 amide bonds. The minimum absolute atomic E-state index is 0.124. The Morgan fingerprint density at radius 1 is 0.962 bits per heavy atom. The van der Waals surface area contributed by atoms with Gasteiger partial charge in [0.05, 0.1) is 21.7 Å². The van der Waals surface area contributed by atoms with Crippen LogP contribution in [0.5, 0.6) is 0 Å². The summed E-state index contributed by atoms with van der Waals surface area (Å²) in [6.07, 6.45) is -4.77. The number of benzene rings is 2. The maximum atomic E-state index is 13.9. The van der Waals surface area contributed by atoms with Gasteiger partial charge in [-0.05, 0) is 36.4 Å². The van der Waals surface area contributed by atoms with Crippen LogP contribution >= 0.6 is 0 Å². The predicted molar refractivity (Wildman–Crippen MR) is 85.3 cm³/mol. The molecule has 0 unspecified atom stereocenters. The molecule has 2 aromatic rings. The summed E-state index contributed by atoms with van der Waals surface area (Å²) in [5, 5.41) is 0. The van der Waals surface area contributed by atoms with E-state index in [-0.39, 0.29) is 6.29 Å². The molecule has 2 rings (SSSR count). The second-order valence-electron chi connectivity index (χ2n) is 4.57. The van der Waals surface area contributed by atoms with Crippen LogP contribution < -0.4 is 4.72 Å². The molecule has 1 N–H and O–H groups in total. The lowest BCUT2D eigenvalue weighted by Crippen LogP contribution is -2.15. The van der Waals surface area contributed by atoms with Crippen LogP contribution in [0.4, 0.5) is 27.6 Å². The van der Waals surface area contributed by atoms with Crippen LogP contribution in [-0.4, -0.2) is 14.7 Å². The highest BCUT2D eigenvalue weighted by Crippen LogP contribution is 2.30. The van der Waals surface area contributed by atoms with Crippen LogP contribution in [0.3, 0.4) is 0 Å². The van der Waals surface area contributed by atoms with Crippen molar-refractivity contribution in [1.82, 2.24) is 0 Å². The number of hydrogen-bond acceptors (Lipinski definition) is 3. The normalized spacial score (nSPS) is 11.3. The lowest BCUT2D eigenvalue weighted by Gasteiger charge is -2.11. The number of alkyl halides is 3. The van der Waals surface area contributed by atoms with Crippen LogP contribution in [0.1, 0.15) is 29.8 Å². The summed E-state index contributed by atoms with van der Waals surface area (Å²) in [6.45, 7) is 4.00.